The number of rotatable bonds is 6. The van der Waals surface area contributed by atoms with E-state index in [2.05, 4.69) is 66.2 Å². The molecular weight excluding hydrogens is 326 g/mol. The van der Waals surface area contributed by atoms with Gasteiger partial charge in [-0.1, -0.05) is 64.8 Å². The zero-order valence-electron chi connectivity index (χ0n) is 12.6. The van der Waals surface area contributed by atoms with Crippen LogP contribution in [0.2, 0.25) is 0 Å². The maximum absolute atomic E-state index is 6.25. The lowest BCUT2D eigenvalue weighted by Gasteiger charge is -2.24. The SMILES string of the molecule is CCC(N)C(OCc1cccc(Br)c1)c1ccc(C)cc1. The normalized spacial score (nSPS) is 13.9. The molecule has 3 heteroatoms. The van der Waals surface area contributed by atoms with E-state index in [1.165, 1.54) is 5.56 Å². The van der Waals surface area contributed by atoms with E-state index in [0.717, 1.165) is 22.0 Å². The largest absolute Gasteiger partial charge is 0.367 e. The molecule has 2 nitrogen and oxygen atoms in total. The quantitative estimate of drug-likeness (QED) is 0.817. The first kappa shape index (κ1) is 16.2. The van der Waals surface area contributed by atoms with Gasteiger partial charge in [0.1, 0.15) is 0 Å². The van der Waals surface area contributed by atoms with Crippen LogP contribution in [-0.2, 0) is 11.3 Å². The fraction of sp³-hybridized carbons (Fsp3) is 0.333. The Morgan fingerprint density at radius 2 is 1.86 bits per heavy atom. The minimum atomic E-state index is -0.0745. The molecule has 2 unspecified atom stereocenters. The summed E-state index contributed by atoms with van der Waals surface area (Å²) in [7, 11) is 0. The Morgan fingerprint density at radius 3 is 2.48 bits per heavy atom. The van der Waals surface area contributed by atoms with E-state index in [9.17, 15) is 0 Å². The van der Waals surface area contributed by atoms with Gasteiger partial charge in [-0.25, -0.2) is 0 Å². The first-order valence-corrected chi connectivity index (χ1v) is 8.07. The second-order valence-electron chi connectivity index (χ2n) is 5.34. The van der Waals surface area contributed by atoms with Gasteiger partial charge in [0, 0.05) is 10.5 Å². The summed E-state index contributed by atoms with van der Waals surface area (Å²) >= 11 is 3.48. The van der Waals surface area contributed by atoms with Gasteiger partial charge in [-0.05, 0) is 36.6 Å². The molecule has 0 aliphatic carbocycles. The van der Waals surface area contributed by atoms with Crippen LogP contribution in [0.5, 0.6) is 0 Å². The maximum Gasteiger partial charge on any atom is 0.0980 e. The van der Waals surface area contributed by atoms with Gasteiger partial charge in [-0.15, -0.1) is 0 Å². The fourth-order valence-electron chi connectivity index (χ4n) is 2.25. The number of hydrogen-bond donors (Lipinski definition) is 1. The average molecular weight is 348 g/mol. The molecule has 2 N–H and O–H groups in total. The van der Waals surface area contributed by atoms with Crippen LogP contribution in [0.25, 0.3) is 0 Å². The Balaban J connectivity index is 2.11. The highest BCUT2D eigenvalue weighted by Gasteiger charge is 2.19. The Kier molecular flexibility index (Phi) is 5.97. The van der Waals surface area contributed by atoms with E-state index in [0.29, 0.717) is 6.61 Å². The number of halogens is 1. The van der Waals surface area contributed by atoms with Crippen molar-refractivity contribution in [3.05, 3.63) is 69.7 Å². The molecule has 2 rings (SSSR count). The third kappa shape index (κ3) is 4.67. The smallest absolute Gasteiger partial charge is 0.0980 e. The molecule has 0 saturated carbocycles. The number of ether oxygens (including phenoxy) is 1. The average Bonchev–Trinajstić information content (AvgIpc) is 2.49. The molecule has 0 fully saturated rings. The molecule has 2 aromatic rings. The molecule has 0 heterocycles. The monoisotopic (exact) mass is 347 g/mol. The van der Waals surface area contributed by atoms with Crippen molar-refractivity contribution in [1.82, 2.24) is 0 Å². The van der Waals surface area contributed by atoms with Crippen LogP contribution in [-0.4, -0.2) is 6.04 Å². The van der Waals surface area contributed by atoms with E-state index < -0.39 is 0 Å². The van der Waals surface area contributed by atoms with Crippen molar-refractivity contribution in [2.24, 2.45) is 5.73 Å². The van der Waals surface area contributed by atoms with E-state index in [4.69, 9.17) is 10.5 Å². The third-order valence-corrected chi connectivity index (χ3v) is 4.08. The third-order valence-electron chi connectivity index (χ3n) is 3.58. The first-order valence-electron chi connectivity index (χ1n) is 7.28. The highest BCUT2D eigenvalue weighted by Crippen LogP contribution is 2.24. The van der Waals surface area contributed by atoms with Crippen LogP contribution in [0, 0.1) is 6.92 Å². The zero-order valence-corrected chi connectivity index (χ0v) is 14.1. The Hall–Kier alpha value is -1.16. The van der Waals surface area contributed by atoms with Gasteiger partial charge in [0.05, 0.1) is 12.7 Å². The Morgan fingerprint density at radius 1 is 1.14 bits per heavy atom. The number of benzene rings is 2. The van der Waals surface area contributed by atoms with Crippen molar-refractivity contribution in [3.63, 3.8) is 0 Å². The van der Waals surface area contributed by atoms with Crippen molar-refractivity contribution in [2.75, 3.05) is 0 Å². The minimum Gasteiger partial charge on any atom is -0.367 e. The van der Waals surface area contributed by atoms with Crippen LogP contribution in [0.3, 0.4) is 0 Å². The standard InChI is InChI=1S/C18H22BrNO/c1-3-17(20)18(15-9-7-13(2)8-10-15)21-12-14-5-4-6-16(19)11-14/h4-11,17-18H,3,12,20H2,1-2H3. The van der Waals surface area contributed by atoms with E-state index >= 15 is 0 Å². The lowest BCUT2D eigenvalue weighted by Crippen LogP contribution is -2.29. The van der Waals surface area contributed by atoms with Gasteiger partial charge in [0.15, 0.2) is 0 Å². The van der Waals surface area contributed by atoms with Crippen molar-refractivity contribution in [1.29, 1.82) is 0 Å². The summed E-state index contributed by atoms with van der Waals surface area (Å²) in [5.74, 6) is 0. The number of aryl methyl sites for hydroxylation is 1. The maximum atomic E-state index is 6.25. The second kappa shape index (κ2) is 7.74. The summed E-state index contributed by atoms with van der Waals surface area (Å²) in [6, 6.07) is 16.6. The summed E-state index contributed by atoms with van der Waals surface area (Å²) in [6.07, 6.45) is 0.811. The molecule has 0 saturated heterocycles. The lowest BCUT2D eigenvalue weighted by atomic mass is 10.00. The van der Waals surface area contributed by atoms with Gasteiger partial charge in [-0.2, -0.15) is 0 Å². The van der Waals surface area contributed by atoms with Crippen molar-refractivity contribution < 1.29 is 4.74 Å². The van der Waals surface area contributed by atoms with Crippen LogP contribution in [0.1, 0.15) is 36.1 Å². The molecule has 112 valence electrons. The lowest BCUT2D eigenvalue weighted by molar-refractivity contribution is 0.0212. The Labute approximate surface area is 135 Å². The zero-order chi connectivity index (χ0) is 15.2. The van der Waals surface area contributed by atoms with E-state index in [1.54, 1.807) is 0 Å². The molecule has 2 atom stereocenters. The fourth-order valence-corrected chi connectivity index (χ4v) is 2.70. The summed E-state index contributed by atoms with van der Waals surface area (Å²) in [6.45, 7) is 4.74. The summed E-state index contributed by atoms with van der Waals surface area (Å²) in [5, 5.41) is 0. The summed E-state index contributed by atoms with van der Waals surface area (Å²) in [5.41, 5.74) is 9.78. The minimum absolute atomic E-state index is 0.000131. The highest BCUT2D eigenvalue weighted by atomic mass is 79.9. The van der Waals surface area contributed by atoms with E-state index in [-0.39, 0.29) is 12.1 Å². The van der Waals surface area contributed by atoms with Crippen LogP contribution < -0.4 is 5.73 Å². The first-order chi connectivity index (χ1) is 10.1. The van der Waals surface area contributed by atoms with Gasteiger partial charge >= 0.3 is 0 Å². The van der Waals surface area contributed by atoms with Crippen molar-refractivity contribution in [2.45, 2.75) is 39.0 Å². The molecular formula is C18H22BrNO. The van der Waals surface area contributed by atoms with Gasteiger partial charge in [-0.3, -0.25) is 0 Å². The van der Waals surface area contributed by atoms with Crippen LogP contribution in [0.4, 0.5) is 0 Å². The predicted octanol–water partition coefficient (Wildman–Crippen LogP) is 4.75. The Bertz CT molecular complexity index is 568. The van der Waals surface area contributed by atoms with Gasteiger partial charge < -0.3 is 10.5 Å². The number of nitrogens with two attached hydrogens (primary N) is 1. The molecule has 0 aliphatic rings. The molecule has 21 heavy (non-hydrogen) atoms. The molecule has 0 radical (unpaired) electrons. The van der Waals surface area contributed by atoms with Crippen molar-refractivity contribution in [3.8, 4) is 0 Å². The van der Waals surface area contributed by atoms with Gasteiger partial charge in [0.2, 0.25) is 0 Å². The van der Waals surface area contributed by atoms with Crippen LogP contribution >= 0.6 is 15.9 Å². The molecule has 0 bridgehead atoms. The topological polar surface area (TPSA) is 35.2 Å². The molecule has 0 aromatic heterocycles. The summed E-state index contributed by atoms with van der Waals surface area (Å²) < 4.78 is 7.18. The molecule has 0 spiro atoms. The van der Waals surface area contributed by atoms with Crippen molar-refractivity contribution >= 4 is 15.9 Å². The number of hydrogen-bond acceptors (Lipinski definition) is 2. The predicted molar refractivity (Wildman–Crippen MR) is 91.1 cm³/mol. The molecule has 0 amide bonds. The second-order valence-corrected chi connectivity index (χ2v) is 6.26. The van der Waals surface area contributed by atoms with E-state index in [1.807, 2.05) is 12.1 Å². The van der Waals surface area contributed by atoms with Crippen LogP contribution in [0.15, 0.2) is 53.0 Å². The molecule has 2 aromatic carbocycles. The molecule has 0 aliphatic heterocycles. The highest BCUT2D eigenvalue weighted by molar-refractivity contribution is 9.10. The van der Waals surface area contributed by atoms with Gasteiger partial charge in [0.25, 0.3) is 0 Å². The summed E-state index contributed by atoms with van der Waals surface area (Å²) in [4.78, 5) is 0.